The van der Waals surface area contributed by atoms with Crippen molar-refractivity contribution < 1.29 is 19.4 Å². The zero-order valence-corrected chi connectivity index (χ0v) is 8.60. The maximum atomic E-state index is 10.9. The molecule has 0 bridgehead atoms. The molecule has 5 heteroatoms. The number of hydrogen-bond acceptors (Lipinski definition) is 4. The van der Waals surface area contributed by atoms with Crippen LogP contribution in [0.3, 0.4) is 0 Å². The van der Waals surface area contributed by atoms with Crippen molar-refractivity contribution in [3.05, 3.63) is 0 Å². The summed E-state index contributed by atoms with van der Waals surface area (Å²) in [6.45, 7) is 1.88. The number of hydrogen-bond donors (Lipinski definition) is 1. The quantitative estimate of drug-likeness (QED) is 0.671. The summed E-state index contributed by atoms with van der Waals surface area (Å²) in [5, 5.41) is 8.96. The minimum atomic E-state index is -0.777. The Labute approximate surface area is 83.6 Å². The van der Waals surface area contributed by atoms with Crippen molar-refractivity contribution >= 4 is 5.97 Å². The summed E-state index contributed by atoms with van der Waals surface area (Å²) >= 11 is 0. The number of carboxylic acids is 1. The lowest BCUT2D eigenvalue weighted by atomic mass is 10.2. The van der Waals surface area contributed by atoms with Crippen molar-refractivity contribution in [1.29, 1.82) is 0 Å². The molecule has 0 spiro atoms. The van der Waals surface area contributed by atoms with E-state index in [9.17, 15) is 4.79 Å². The summed E-state index contributed by atoms with van der Waals surface area (Å²) in [6.07, 6.45) is 0.600. The van der Waals surface area contributed by atoms with Crippen molar-refractivity contribution in [2.45, 2.75) is 18.6 Å². The van der Waals surface area contributed by atoms with Gasteiger partial charge in [-0.05, 0) is 0 Å². The van der Waals surface area contributed by atoms with Crippen LogP contribution in [0.1, 0.15) is 6.42 Å². The van der Waals surface area contributed by atoms with E-state index in [0.29, 0.717) is 26.1 Å². The van der Waals surface area contributed by atoms with Crippen LogP contribution < -0.4 is 0 Å². The molecule has 1 aliphatic heterocycles. The Morgan fingerprint density at radius 1 is 1.57 bits per heavy atom. The van der Waals surface area contributed by atoms with Gasteiger partial charge in [0, 0.05) is 33.7 Å². The molecule has 1 heterocycles. The minimum Gasteiger partial charge on any atom is -0.480 e. The second kappa shape index (κ2) is 5.29. The van der Waals surface area contributed by atoms with Gasteiger partial charge in [0.1, 0.15) is 6.04 Å². The van der Waals surface area contributed by atoms with Gasteiger partial charge in [-0.3, -0.25) is 9.69 Å². The number of rotatable bonds is 5. The van der Waals surface area contributed by atoms with Crippen molar-refractivity contribution in [2.24, 2.45) is 0 Å². The van der Waals surface area contributed by atoms with Crippen LogP contribution in [0.15, 0.2) is 0 Å². The normalized spacial score (nSPS) is 28.1. The first kappa shape index (κ1) is 11.4. The number of methoxy groups -OCH3 is 2. The molecule has 14 heavy (non-hydrogen) atoms. The van der Waals surface area contributed by atoms with Gasteiger partial charge in [-0.2, -0.15) is 0 Å². The topological polar surface area (TPSA) is 59.0 Å². The van der Waals surface area contributed by atoms with E-state index in [2.05, 4.69) is 0 Å². The molecule has 1 saturated heterocycles. The first-order chi connectivity index (χ1) is 6.69. The van der Waals surface area contributed by atoms with Crippen LogP contribution in [-0.4, -0.2) is 62.0 Å². The summed E-state index contributed by atoms with van der Waals surface area (Å²) in [7, 11) is 3.23. The molecule has 1 aliphatic rings. The second-order valence-corrected chi connectivity index (χ2v) is 3.44. The van der Waals surface area contributed by atoms with Gasteiger partial charge >= 0.3 is 5.97 Å². The number of nitrogens with zero attached hydrogens (tertiary/aromatic N) is 1. The molecule has 0 amide bonds. The van der Waals surface area contributed by atoms with Crippen LogP contribution in [0.5, 0.6) is 0 Å². The van der Waals surface area contributed by atoms with Crippen LogP contribution in [0.4, 0.5) is 0 Å². The van der Waals surface area contributed by atoms with E-state index in [-0.39, 0.29) is 6.10 Å². The molecule has 0 saturated carbocycles. The van der Waals surface area contributed by atoms with Crippen LogP contribution in [0, 0.1) is 0 Å². The molecule has 1 N–H and O–H groups in total. The second-order valence-electron chi connectivity index (χ2n) is 3.44. The smallest absolute Gasteiger partial charge is 0.321 e. The molecular formula is C9H17NO4. The third-order valence-electron chi connectivity index (χ3n) is 2.57. The predicted octanol–water partition coefficient (Wildman–Crippen LogP) is -0.193. The van der Waals surface area contributed by atoms with Gasteiger partial charge < -0.3 is 14.6 Å². The molecule has 2 atom stereocenters. The highest BCUT2D eigenvalue weighted by Crippen LogP contribution is 2.19. The Morgan fingerprint density at radius 2 is 2.29 bits per heavy atom. The van der Waals surface area contributed by atoms with Crippen molar-refractivity contribution in [3.8, 4) is 0 Å². The summed E-state index contributed by atoms with van der Waals surface area (Å²) < 4.78 is 10.1. The summed E-state index contributed by atoms with van der Waals surface area (Å²) in [5.74, 6) is -0.777. The van der Waals surface area contributed by atoms with Gasteiger partial charge in [0.05, 0.1) is 12.7 Å². The Balaban J connectivity index is 2.48. The predicted molar refractivity (Wildman–Crippen MR) is 50.3 cm³/mol. The SMILES string of the molecule is COCCN1C[C@H](OC)C[C@H]1C(=O)O. The van der Waals surface area contributed by atoms with Gasteiger partial charge in [-0.15, -0.1) is 0 Å². The summed E-state index contributed by atoms with van der Waals surface area (Å²) in [4.78, 5) is 12.8. The maximum absolute atomic E-state index is 10.9. The van der Waals surface area contributed by atoms with Crippen molar-refractivity contribution in [3.63, 3.8) is 0 Å². The lowest BCUT2D eigenvalue weighted by molar-refractivity contribution is -0.142. The number of carboxylic acid groups (broad SMARTS) is 1. The highest BCUT2D eigenvalue weighted by atomic mass is 16.5. The van der Waals surface area contributed by atoms with E-state index >= 15 is 0 Å². The third-order valence-corrected chi connectivity index (χ3v) is 2.57. The van der Waals surface area contributed by atoms with Gasteiger partial charge in [0.2, 0.25) is 0 Å². The Kier molecular flexibility index (Phi) is 4.31. The zero-order chi connectivity index (χ0) is 10.6. The molecule has 0 radical (unpaired) electrons. The first-order valence-corrected chi connectivity index (χ1v) is 4.67. The fourth-order valence-corrected chi connectivity index (χ4v) is 1.74. The van der Waals surface area contributed by atoms with E-state index in [1.54, 1.807) is 14.2 Å². The maximum Gasteiger partial charge on any atom is 0.321 e. The summed E-state index contributed by atoms with van der Waals surface area (Å²) in [6, 6.07) is -0.421. The minimum absolute atomic E-state index is 0.0351. The van der Waals surface area contributed by atoms with Crippen LogP contribution in [-0.2, 0) is 14.3 Å². The highest BCUT2D eigenvalue weighted by molar-refractivity contribution is 5.74. The largest absolute Gasteiger partial charge is 0.480 e. The third kappa shape index (κ3) is 2.67. The molecule has 0 aromatic heterocycles. The van der Waals surface area contributed by atoms with Gasteiger partial charge in [-0.1, -0.05) is 0 Å². The monoisotopic (exact) mass is 203 g/mol. The molecule has 0 aliphatic carbocycles. The van der Waals surface area contributed by atoms with Gasteiger partial charge in [-0.25, -0.2) is 0 Å². The van der Waals surface area contributed by atoms with Crippen molar-refractivity contribution in [2.75, 3.05) is 33.9 Å². The van der Waals surface area contributed by atoms with Gasteiger partial charge in [0.25, 0.3) is 0 Å². The average molecular weight is 203 g/mol. The standard InChI is InChI=1S/C9H17NO4/c1-13-4-3-10-6-7(14-2)5-8(10)9(11)12/h7-8H,3-6H2,1-2H3,(H,11,12)/t7-,8+/m1/s1. The summed E-state index contributed by atoms with van der Waals surface area (Å²) in [5.41, 5.74) is 0. The van der Waals surface area contributed by atoms with Crippen LogP contribution in [0.2, 0.25) is 0 Å². The van der Waals surface area contributed by atoms with E-state index < -0.39 is 12.0 Å². The average Bonchev–Trinajstić information content (AvgIpc) is 2.58. The zero-order valence-electron chi connectivity index (χ0n) is 8.60. The molecule has 0 unspecified atom stereocenters. The van der Waals surface area contributed by atoms with Gasteiger partial charge in [0.15, 0.2) is 0 Å². The Bertz CT molecular complexity index is 197. The van der Waals surface area contributed by atoms with Crippen LogP contribution in [0.25, 0.3) is 0 Å². The first-order valence-electron chi connectivity index (χ1n) is 4.67. The van der Waals surface area contributed by atoms with E-state index in [1.807, 2.05) is 4.90 Å². The number of carbonyl (C=O) groups is 1. The number of likely N-dealkylation sites (tertiary alicyclic amines) is 1. The lowest BCUT2D eigenvalue weighted by Gasteiger charge is -2.19. The fourth-order valence-electron chi connectivity index (χ4n) is 1.74. The Morgan fingerprint density at radius 3 is 2.79 bits per heavy atom. The number of ether oxygens (including phenoxy) is 2. The van der Waals surface area contributed by atoms with Crippen LogP contribution >= 0.6 is 0 Å². The molecule has 82 valence electrons. The molecule has 0 aromatic rings. The van der Waals surface area contributed by atoms with E-state index in [1.165, 1.54) is 0 Å². The highest BCUT2D eigenvalue weighted by Gasteiger charge is 2.36. The molecule has 0 aromatic carbocycles. The number of aliphatic carboxylic acids is 1. The molecule has 1 fully saturated rings. The van der Waals surface area contributed by atoms with E-state index in [4.69, 9.17) is 14.6 Å². The molecule has 5 nitrogen and oxygen atoms in total. The fraction of sp³-hybridized carbons (Fsp3) is 0.889. The van der Waals surface area contributed by atoms with E-state index in [0.717, 1.165) is 0 Å². The lowest BCUT2D eigenvalue weighted by Crippen LogP contribution is -2.38. The molecular weight excluding hydrogens is 186 g/mol. The Hall–Kier alpha value is -0.650. The molecule has 1 rings (SSSR count). The van der Waals surface area contributed by atoms with Crippen molar-refractivity contribution in [1.82, 2.24) is 4.90 Å².